The average Bonchev–Trinajstić information content (AvgIpc) is 3.20. The van der Waals surface area contributed by atoms with Crippen LogP contribution in [0.1, 0.15) is 35.0 Å². The van der Waals surface area contributed by atoms with E-state index in [2.05, 4.69) is 20.7 Å². The molecule has 2 N–H and O–H groups in total. The third-order valence-corrected chi connectivity index (χ3v) is 6.15. The molecule has 1 aliphatic rings. The van der Waals surface area contributed by atoms with E-state index >= 15 is 0 Å². The zero-order valence-corrected chi connectivity index (χ0v) is 21.1. The molecule has 1 aromatic carbocycles. The monoisotopic (exact) mass is 533 g/mol. The molecule has 1 atom stereocenters. The number of nitrogens with zero attached hydrogens (tertiary/aromatic N) is 3. The molecule has 0 fully saturated rings. The van der Waals surface area contributed by atoms with Gasteiger partial charge in [-0.25, -0.2) is 18.2 Å². The summed E-state index contributed by atoms with van der Waals surface area (Å²) in [6, 6.07) is 9.31. The Morgan fingerprint density at radius 2 is 2.14 bits per heavy atom. The molecule has 37 heavy (non-hydrogen) atoms. The summed E-state index contributed by atoms with van der Waals surface area (Å²) in [6.45, 7) is 0.0865. The highest BCUT2D eigenvalue weighted by molar-refractivity contribution is 7.99. The van der Waals surface area contributed by atoms with Crippen LogP contribution in [0.4, 0.5) is 19.0 Å². The first-order chi connectivity index (χ1) is 17.6. The van der Waals surface area contributed by atoms with Crippen LogP contribution in [-0.4, -0.2) is 57.2 Å². The fraction of sp³-hybridized carbons (Fsp3) is 0.360. The van der Waals surface area contributed by atoms with Crippen LogP contribution in [0, 0.1) is 5.82 Å². The number of amides is 2. The van der Waals surface area contributed by atoms with Crippen molar-refractivity contribution in [2.24, 2.45) is 0 Å². The largest absolute Gasteiger partial charge is 0.487 e. The second kappa shape index (κ2) is 11.2. The second-order valence-electron chi connectivity index (χ2n) is 8.82. The molecule has 2 aromatic heterocycles. The Kier molecular flexibility index (Phi) is 8.06. The van der Waals surface area contributed by atoms with Crippen molar-refractivity contribution in [3.63, 3.8) is 0 Å². The third kappa shape index (κ3) is 6.82. The zero-order chi connectivity index (χ0) is 26.6. The molecule has 0 radical (unpaired) electrons. The summed E-state index contributed by atoms with van der Waals surface area (Å²) in [5.74, 6) is -3.18. The predicted molar refractivity (Wildman–Crippen MR) is 134 cm³/mol. The van der Waals surface area contributed by atoms with E-state index in [-0.39, 0.29) is 40.8 Å². The van der Waals surface area contributed by atoms with Crippen LogP contribution in [-0.2, 0) is 17.6 Å². The SMILES string of the molecule is CSCC(=O)Nc1c2c(nn1-c1ccc(F)cn1)C[C@H](CCc1cccc(OCC(C)(F)F)c1)NC2=O. The van der Waals surface area contributed by atoms with Gasteiger partial charge in [0.25, 0.3) is 11.8 Å². The van der Waals surface area contributed by atoms with Gasteiger partial charge in [0.1, 0.15) is 17.1 Å². The van der Waals surface area contributed by atoms with Crippen LogP contribution in [0.2, 0.25) is 0 Å². The molecule has 196 valence electrons. The molecular weight excluding hydrogens is 507 g/mol. The number of fused-ring (bicyclic) bond motifs is 1. The van der Waals surface area contributed by atoms with E-state index in [0.29, 0.717) is 30.7 Å². The van der Waals surface area contributed by atoms with Gasteiger partial charge in [0.15, 0.2) is 18.2 Å². The number of halogens is 3. The Morgan fingerprint density at radius 3 is 2.84 bits per heavy atom. The maximum atomic E-state index is 13.4. The molecule has 3 aromatic rings. The van der Waals surface area contributed by atoms with Gasteiger partial charge >= 0.3 is 0 Å². The highest BCUT2D eigenvalue weighted by atomic mass is 32.2. The predicted octanol–water partition coefficient (Wildman–Crippen LogP) is 4.03. The van der Waals surface area contributed by atoms with Crippen molar-refractivity contribution in [1.82, 2.24) is 20.1 Å². The van der Waals surface area contributed by atoms with Gasteiger partial charge in [-0.2, -0.15) is 21.5 Å². The summed E-state index contributed by atoms with van der Waals surface area (Å²) in [5.41, 5.74) is 1.61. The Bertz CT molecular complexity index is 1280. The minimum Gasteiger partial charge on any atom is -0.487 e. The quantitative estimate of drug-likeness (QED) is 0.409. The minimum atomic E-state index is -2.93. The van der Waals surface area contributed by atoms with E-state index in [1.165, 1.54) is 28.6 Å². The first-order valence-electron chi connectivity index (χ1n) is 11.6. The van der Waals surface area contributed by atoms with Crippen molar-refractivity contribution in [3.8, 4) is 11.6 Å². The molecule has 2 amide bonds. The highest BCUT2D eigenvalue weighted by Gasteiger charge is 2.33. The number of aromatic nitrogens is 3. The Hall–Kier alpha value is -3.54. The molecule has 0 saturated carbocycles. The topological polar surface area (TPSA) is 98.1 Å². The molecular formula is C25H26F3N5O3S. The van der Waals surface area contributed by atoms with Crippen LogP contribution in [0.25, 0.3) is 5.82 Å². The summed E-state index contributed by atoms with van der Waals surface area (Å²) >= 11 is 1.33. The molecule has 0 bridgehead atoms. The fourth-order valence-electron chi connectivity index (χ4n) is 3.98. The van der Waals surface area contributed by atoms with Gasteiger partial charge in [-0.15, -0.1) is 0 Å². The number of rotatable bonds is 10. The van der Waals surface area contributed by atoms with Crippen molar-refractivity contribution < 1.29 is 27.5 Å². The number of hydrogen-bond donors (Lipinski definition) is 2. The molecule has 12 heteroatoms. The Labute approximate surface area is 216 Å². The number of nitrogens with one attached hydrogen (secondary N) is 2. The number of benzene rings is 1. The number of aryl methyl sites for hydroxylation is 1. The van der Waals surface area contributed by atoms with E-state index in [4.69, 9.17) is 4.74 Å². The van der Waals surface area contributed by atoms with Crippen LogP contribution < -0.4 is 15.4 Å². The number of carbonyl (C=O) groups excluding carboxylic acids is 2. The maximum Gasteiger partial charge on any atom is 0.278 e. The number of hydrogen-bond acceptors (Lipinski definition) is 6. The second-order valence-corrected chi connectivity index (χ2v) is 9.68. The third-order valence-electron chi connectivity index (χ3n) is 5.59. The lowest BCUT2D eigenvalue weighted by Gasteiger charge is -2.23. The van der Waals surface area contributed by atoms with Gasteiger partial charge < -0.3 is 15.4 Å². The minimum absolute atomic E-state index is 0.180. The van der Waals surface area contributed by atoms with Gasteiger partial charge in [-0.3, -0.25) is 9.59 Å². The number of anilines is 1. The number of pyridine rings is 1. The maximum absolute atomic E-state index is 13.4. The first-order valence-corrected chi connectivity index (χ1v) is 13.0. The molecule has 0 unspecified atom stereocenters. The molecule has 8 nitrogen and oxygen atoms in total. The van der Waals surface area contributed by atoms with Crippen LogP contribution in [0.5, 0.6) is 5.75 Å². The number of carbonyl (C=O) groups is 2. The van der Waals surface area contributed by atoms with E-state index in [9.17, 15) is 22.8 Å². The van der Waals surface area contributed by atoms with Crippen molar-refractivity contribution in [3.05, 3.63) is 65.2 Å². The van der Waals surface area contributed by atoms with E-state index in [1.807, 2.05) is 6.07 Å². The number of alkyl halides is 2. The lowest BCUT2D eigenvalue weighted by molar-refractivity contribution is -0.113. The lowest BCUT2D eigenvalue weighted by Crippen LogP contribution is -2.41. The summed E-state index contributed by atoms with van der Waals surface area (Å²) in [7, 11) is 0. The van der Waals surface area contributed by atoms with E-state index in [1.54, 1.807) is 24.5 Å². The standard InChI is InChI=1S/C25H26F3N5O3S/c1-25(27,28)14-36-18-5-3-4-15(10-18)6-8-17-11-19-22(24(35)30-17)23(31-21(34)13-37-2)33(32-19)20-9-7-16(26)12-29-20/h3-5,7,9-10,12,17H,6,8,11,13-14H2,1-2H3,(H,30,35)(H,31,34)/t17-/m0/s1. The lowest BCUT2D eigenvalue weighted by atomic mass is 9.96. The normalized spacial score (nSPS) is 15.2. The van der Waals surface area contributed by atoms with Crippen molar-refractivity contribution in [2.75, 3.05) is 23.9 Å². The molecule has 3 heterocycles. The van der Waals surface area contributed by atoms with Gasteiger partial charge in [0.2, 0.25) is 5.91 Å². The summed E-state index contributed by atoms with van der Waals surface area (Å²) in [5, 5.41) is 10.2. The molecule has 4 rings (SSSR count). The van der Waals surface area contributed by atoms with Crippen molar-refractivity contribution in [1.29, 1.82) is 0 Å². The van der Waals surface area contributed by atoms with E-state index < -0.39 is 18.3 Å². The van der Waals surface area contributed by atoms with E-state index in [0.717, 1.165) is 18.7 Å². The van der Waals surface area contributed by atoms with Gasteiger partial charge in [0.05, 0.1) is 17.6 Å². The smallest absolute Gasteiger partial charge is 0.278 e. The molecule has 0 spiro atoms. The molecule has 0 saturated heterocycles. The molecule has 0 aliphatic carbocycles. The zero-order valence-electron chi connectivity index (χ0n) is 20.3. The number of ether oxygens (including phenoxy) is 1. The van der Waals surface area contributed by atoms with Crippen molar-refractivity contribution in [2.45, 2.75) is 38.2 Å². The number of thioether (sulfide) groups is 1. The Morgan fingerprint density at radius 1 is 1.32 bits per heavy atom. The Balaban J connectivity index is 1.52. The van der Waals surface area contributed by atoms with Gasteiger partial charge in [-0.1, -0.05) is 12.1 Å². The fourth-order valence-corrected chi connectivity index (χ4v) is 4.31. The van der Waals surface area contributed by atoms with Gasteiger partial charge in [-0.05, 0) is 48.9 Å². The molecule has 1 aliphatic heterocycles. The average molecular weight is 534 g/mol. The van der Waals surface area contributed by atoms with Crippen molar-refractivity contribution >= 4 is 29.4 Å². The van der Waals surface area contributed by atoms with Crippen LogP contribution in [0.3, 0.4) is 0 Å². The highest BCUT2D eigenvalue weighted by Crippen LogP contribution is 2.29. The van der Waals surface area contributed by atoms with Crippen LogP contribution in [0.15, 0.2) is 42.6 Å². The van der Waals surface area contributed by atoms with Gasteiger partial charge in [0, 0.05) is 19.4 Å². The summed E-state index contributed by atoms with van der Waals surface area (Å²) in [6.07, 6.45) is 4.35. The summed E-state index contributed by atoms with van der Waals surface area (Å²) in [4.78, 5) is 29.5. The summed E-state index contributed by atoms with van der Waals surface area (Å²) < 4.78 is 46.2. The van der Waals surface area contributed by atoms with Crippen LogP contribution >= 0.6 is 11.8 Å². The first kappa shape index (κ1) is 26.5.